The lowest BCUT2D eigenvalue weighted by atomic mass is 9.98. The van der Waals surface area contributed by atoms with E-state index in [0.29, 0.717) is 22.7 Å². The molecule has 1 saturated heterocycles. The number of hydrogen-bond acceptors (Lipinski definition) is 6. The molecule has 1 fully saturated rings. The molecule has 0 atom stereocenters. The van der Waals surface area contributed by atoms with Crippen LogP contribution in [0.3, 0.4) is 0 Å². The first-order valence-electron chi connectivity index (χ1n) is 8.93. The van der Waals surface area contributed by atoms with Crippen molar-refractivity contribution in [3.05, 3.63) is 47.3 Å². The summed E-state index contributed by atoms with van der Waals surface area (Å²) in [6, 6.07) is 10.6. The zero-order valence-corrected chi connectivity index (χ0v) is 17.1. The van der Waals surface area contributed by atoms with Crippen LogP contribution in [0.4, 0.5) is 5.69 Å². The summed E-state index contributed by atoms with van der Waals surface area (Å²) in [5.41, 5.74) is 1.72. The first-order valence-corrected chi connectivity index (χ1v) is 11.2. The van der Waals surface area contributed by atoms with Crippen LogP contribution in [-0.4, -0.2) is 44.3 Å². The molecule has 0 unspecified atom stereocenters. The topological polar surface area (TPSA) is 92.8 Å². The number of sulfonamides is 1. The number of amides is 1. The number of rotatable bonds is 6. The molecule has 0 bridgehead atoms. The summed E-state index contributed by atoms with van der Waals surface area (Å²) in [5.74, 6) is -1.27. The minimum atomic E-state index is -3.50. The molecule has 150 valence electrons. The van der Waals surface area contributed by atoms with Crippen molar-refractivity contribution < 1.29 is 22.7 Å². The molecule has 28 heavy (non-hydrogen) atoms. The summed E-state index contributed by atoms with van der Waals surface area (Å²) in [6.07, 6.45) is 0.756. The van der Waals surface area contributed by atoms with Gasteiger partial charge in [0.25, 0.3) is 15.9 Å². The highest BCUT2D eigenvalue weighted by atomic mass is 32.2. The van der Waals surface area contributed by atoms with E-state index in [1.165, 1.54) is 15.6 Å². The molecule has 1 aromatic carbocycles. The fraction of sp³-hybridized carbons (Fsp3) is 0.368. The lowest BCUT2D eigenvalue weighted by Crippen LogP contribution is -2.40. The van der Waals surface area contributed by atoms with Gasteiger partial charge in [-0.3, -0.25) is 9.59 Å². The molecule has 1 aliphatic heterocycles. The molecule has 2 aromatic rings. The summed E-state index contributed by atoms with van der Waals surface area (Å²) >= 11 is 1.18. The second kappa shape index (κ2) is 8.85. The number of nitrogens with one attached hydrogen (secondary N) is 1. The molecule has 0 saturated carbocycles. The molecule has 9 heteroatoms. The van der Waals surface area contributed by atoms with Crippen molar-refractivity contribution in [1.29, 1.82) is 0 Å². The third-order valence-electron chi connectivity index (χ3n) is 4.56. The van der Waals surface area contributed by atoms with Crippen molar-refractivity contribution in [3.63, 3.8) is 0 Å². The first kappa shape index (κ1) is 20.5. The molecule has 3 rings (SSSR count). The number of carbonyl (C=O) groups excluding carboxylic acids is 2. The Hall–Kier alpha value is -2.23. The van der Waals surface area contributed by atoms with Crippen molar-refractivity contribution in [3.8, 4) is 0 Å². The fourth-order valence-electron chi connectivity index (χ4n) is 2.96. The van der Waals surface area contributed by atoms with E-state index >= 15 is 0 Å². The number of benzene rings is 1. The number of nitrogens with zero attached hydrogens (tertiary/aromatic N) is 1. The molecule has 7 nitrogen and oxygen atoms in total. The van der Waals surface area contributed by atoms with E-state index in [4.69, 9.17) is 4.74 Å². The maximum atomic E-state index is 12.5. The molecule has 1 amide bonds. The Labute approximate surface area is 168 Å². The maximum Gasteiger partial charge on any atom is 0.309 e. The van der Waals surface area contributed by atoms with Gasteiger partial charge in [-0.25, -0.2) is 8.42 Å². The van der Waals surface area contributed by atoms with Crippen LogP contribution >= 0.6 is 11.3 Å². The summed E-state index contributed by atoms with van der Waals surface area (Å²) in [5, 5.41) is 4.39. The standard InChI is InChI=1S/C19H22N2O5S2/c1-14-4-6-16(7-5-14)20-17(22)13-26-19(23)15-8-10-21(11-9-15)28(24,25)18-3-2-12-27-18/h2-7,12,15H,8-11,13H2,1H3,(H,20,22). The maximum absolute atomic E-state index is 12.5. The van der Waals surface area contributed by atoms with E-state index in [1.54, 1.807) is 29.6 Å². The number of aryl methyl sites for hydroxylation is 1. The number of hydrogen-bond donors (Lipinski definition) is 1. The number of anilines is 1. The number of ether oxygens (including phenoxy) is 1. The van der Waals surface area contributed by atoms with E-state index < -0.39 is 27.8 Å². The van der Waals surface area contributed by atoms with Gasteiger partial charge in [-0.1, -0.05) is 23.8 Å². The Balaban J connectivity index is 1.45. The van der Waals surface area contributed by atoms with Crippen molar-refractivity contribution in [2.45, 2.75) is 24.0 Å². The molecule has 1 N–H and O–H groups in total. The Morgan fingerprint density at radius 2 is 1.86 bits per heavy atom. The van der Waals surface area contributed by atoms with Crippen molar-refractivity contribution in [2.75, 3.05) is 25.0 Å². The number of carbonyl (C=O) groups is 2. The smallest absolute Gasteiger partial charge is 0.309 e. The van der Waals surface area contributed by atoms with Gasteiger partial charge in [0, 0.05) is 18.8 Å². The second-order valence-electron chi connectivity index (χ2n) is 6.63. The largest absolute Gasteiger partial charge is 0.455 e. The van der Waals surface area contributed by atoms with Crippen molar-refractivity contribution in [1.82, 2.24) is 4.31 Å². The predicted octanol–water partition coefficient (Wildman–Crippen LogP) is 2.64. The first-order chi connectivity index (χ1) is 13.4. The van der Waals surface area contributed by atoms with E-state index in [2.05, 4.69) is 5.32 Å². The zero-order valence-electron chi connectivity index (χ0n) is 15.5. The van der Waals surface area contributed by atoms with Gasteiger partial charge in [0.15, 0.2) is 6.61 Å². The third-order valence-corrected chi connectivity index (χ3v) is 7.83. The van der Waals surface area contributed by atoms with Gasteiger partial charge in [-0.2, -0.15) is 4.31 Å². The normalized spacial score (nSPS) is 15.9. The number of piperidine rings is 1. The highest BCUT2D eigenvalue weighted by molar-refractivity contribution is 7.91. The molecule has 0 aliphatic carbocycles. The van der Waals surface area contributed by atoms with Crippen LogP contribution in [-0.2, 0) is 24.3 Å². The fourth-order valence-corrected chi connectivity index (χ4v) is 5.57. The van der Waals surface area contributed by atoms with Crippen LogP contribution in [0, 0.1) is 12.8 Å². The van der Waals surface area contributed by atoms with Crippen LogP contribution in [0.5, 0.6) is 0 Å². The van der Waals surface area contributed by atoms with Crippen LogP contribution in [0.15, 0.2) is 46.0 Å². The summed E-state index contributed by atoms with van der Waals surface area (Å²) in [7, 11) is -3.50. The average molecular weight is 423 g/mol. The Morgan fingerprint density at radius 1 is 1.18 bits per heavy atom. The van der Waals surface area contributed by atoms with Gasteiger partial charge in [0.2, 0.25) is 0 Å². The van der Waals surface area contributed by atoms with Gasteiger partial charge in [0.05, 0.1) is 5.92 Å². The molecule has 1 aromatic heterocycles. The quantitative estimate of drug-likeness (QED) is 0.723. The second-order valence-corrected chi connectivity index (χ2v) is 9.74. The minimum Gasteiger partial charge on any atom is -0.455 e. The monoisotopic (exact) mass is 422 g/mol. The highest BCUT2D eigenvalue weighted by Gasteiger charge is 2.33. The molecule has 0 radical (unpaired) electrons. The van der Waals surface area contributed by atoms with Gasteiger partial charge >= 0.3 is 5.97 Å². The van der Waals surface area contributed by atoms with Crippen LogP contribution in [0.1, 0.15) is 18.4 Å². The van der Waals surface area contributed by atoms with Crippen LogP contribution in [0.25, 0.3) is 0 Å². The van der Waals surface area contributed by atoms with E-state index in [-0.39, 0.29) is 19.7 Å². The highest BCUT2D eigenvalue weighted by Crippen LogP contribution is 2.26. The Bertz CT molecular complexity index is 916. The minimum absolute atomic E-state index is 0.259. The zero-order chi connectivity index (χ0) is 20.1. The lowest BCUT2D eigenvalue weighted by Gasteiger charge is -2.29. The summed E-state index contributed by atoms with van der Waals surface area (Å²) < 4.78 is 31.8. The van der Waals surface area contributed by atoms with Gasteiger partial charge in [-0.15, -0.1) is 11.3 Å². The molecule has 2 heterocycles. The molecular weight excluding hydrogens is 400 g/mol. The molecule has 1 aliphatic rings. The number of thiophene rings is 1. The van der Waals surface area contributed by atoms with Crippen molar-refractivity contribution in [2.24, 2.45) is 5.92 Å². The molecule has 0 spiro atoms. The summed E-state index contributed by atoms with van der Waals surface area (Å²) in [6.45, 7) is 2.11. The Morgan fingerprint density at radius 3 is 2.46 bits per heavy atom. The van der Waals surface area contributed by atoms with Gasteiger partial charge < -0.3 is 10.1 Å². The van der Waals surface area contributed by atoms with Crippen LogP contribution < -0.4 is 5.32 Å². The lowest BCUT2D eigenvalue weighted by molar-refractivity contribution is -0.152. The van der Waals surface area contributed by atoms with Gasteiger partial charge in [-0.05, 0) is 43.3 Å². The van der Waals surface area contributed by atoms with Crippen LogP contribution in [0.2, 0.25) is 0 Å². The van der Waals surface area contributed by atoms with E-state index in [9.17, 15) is 18.0 Å². The predicted molar refractivity (Wildman–Crippen MR) is 107 cm³/mol. The SMILES string of the molecule is Cc1ccc(NC(=O)COC(=O)C2CCN(S(=O)(=O)c3cccs3)CC2)cc1. The third kappa shape index (κ3) is 4.98. The van der Waals surface area contributed by atoms with E-state index in [0.717, 1.165) is 5.56 Å². The Kier molecular flexibility index (Phi) is 6.48. The van der Waals surface area contributed by atoms with E-state index in [1.807, 2.05) is 19.1 Å². The molecular formula is C19H22N2O5S2. The van der Waals surface area contributed by atoms with Gasteiger partial charge in [0.1, 0.15) is 4.21 Å². The van der Waals surface area contributed by atoms with Crippen molar-refractivity contribution >= 4 is 38.9 Å². The average Bonchev–Trinajstić information content (AvgIpc) is 3.24. The number of esters is 1. The summed E-state index contributed by atoms with van der Waals surface area (Å²) in [4.78, 5) is 24.1.